The van der Waals surface area contributed by atoms with Crippen molar-refractivity contribution in [3.8, 4) is 0 Å². The van der Waals surface area contributed by atoms with E-state index in [0.29, 0.717) is 16.7 Å². The van der Waals surface area contributed by atoms with Crippen LogP contribution in [0, 0.1) is 0 Å². The molecule has 12 heteroatoms. The third-order valence-corrected chi connectivity index (χ3v) is 7.05. The van der Waals surface area contributed by atoms with Crippen molar-refractivity contribution in [2.75, 3.05) is 10.0 Å². The summed E-state index contributed by atoms with van der Waals surface area (Å²) >= 11 is 6.02. The summed E-state index contributed by atoms with van der Waals surface area (Å²) in [7, 11) is -3.88. The first-order chi connectivity index (χ1) is 16.8. The Labute approximate surface area is 204 Å². The fourth-order valence-corrected chi connectivity index (χ4v) is 4.81. The molecular formula is C23H17ClN6O4S. The molecule has 0 saturated heterocycles. The fraction of sp³-hybridized carbons (Fsp3) is 0.0435. The monoisotopic (exact) mass is 508 g/mol. The van der Waals surface area contributed by atoms with E-state index < -0.39 is 16.0 Å². The Hall–Kier alpha value is -4.22. The van der Waals surface area contributed by atoms with Crippen molar-refractivity contribution in [3.63, 3.8) is 0 Å². The van der Waals surface area contributed by atoms with E-state index in [4.69, 9.17) is 16.7 Å². The van der Waals surface area contributed by atoms with Crippen LogP contribution in [-0.2, 0) is 10.0 Å². The molecule has 2 heterocycles. The first-order valence-corrected chi connectivity index (χ1v) is 12.1. The lowest BCUT2D eigenvalue weighted by Crippen LogP contribution is -2.20. The minimum Gasteiger partial charge on any atom is -0.478 e. The predicted octanol–water partition coefficient (Wildman–Crippen LogP) is 3.88. The number of carboxylic acids is 1. The van der Waals surface area contributed by atoms with Gasteiger partial charge in [0.2, 0.25) is 5.95 Å². The minimum absolute atomic E-state index is 0.0547. The van der Waals surface area contributed by atoms with Gasteiger partial charge in [0.1, 0.15) is 6.04 Å². The molecule has 0 bridgehead atoms. The second-order valence-corrected chi connectivity index (χ2v) is 9.78. The number of sulfonamides is 1. The number of halogens is 1. The molecular weight excluding hydrogens is 492 g/mol. The van der Waals surface area contributed by atoms with Crippen LogP contribution in [0.3, 0.4) is 0 Å². The van der Waals surface area contributed by atoms with Gasteiger partial charge < -0.3 is 10.4 Å². The summed E-state index contributed by atoms with van der Waals surface area (Å²) in [5, 5.41) is 24.6. The summed E-state index contributed by atoms with van der Waals surface area (Å²) < 4.78 is 29.7. The first-order valence-electron chi connectivity index (χ1n) is 10.3. The number of aromatic nitrogens is 4. The fourth-order valence-electron chi connectivity index (χ4n) is 3.63. The van der Waals surface area contributed by atoms with Gasteiger partial charge in [-0.15, -0.1) is 0 Å². The number of nitrogens with one attached hydrogen (secondary N) is 2. The van der Waals surface area contributed by atoms with E-state index in [0.717, 1.165) is 11.1 Å². The number of hydrogen-bond donors (Lipinski definition) is 3. The average Bonchev–Trinajstić information content (AvgIpc) is 3.33. The van der Waals surface area contributed by atoms with Gasteiger partial charge in [-0.05, 0) is 76.2 Å². The molecule has 1 aliphatic heterocycles. The second kappa shape index (κ2) is 8.85. The highest BCUT2D eigenvalue weighted by Gasteiger charge is 2.24. The molecule has 176 valence electrons. The summed E-state index contributed by atoms with van der Waals surface area (Å²) in [6.07, 6.45) is 1.94. The Bertz CT molecular complexity index is 1530. The zero-order valence-electron chi connectivity index (χ0n) is 17.8. The Morgan fingerprint density at radius 1 is 1.00 bits per heavy atom. The van der Waals surface area contributed by atoms with Crippen molar-refractivity contribution in [1.29, 1.82) is 0 Å². The summed E-state index contributed by atoms with van der Waals surface area (Å²) in [5.74, 6) is -0.640. The predicted molar refractivity (Wildman–Crippen MR) is 130 cm³/mol. The van der Waals surface area contributed by atoms with E-state index in [2.05, 4.69) is 25.6 Å². The number of fused-ring (bicyclic) bond motifs is 1. The zero-order valence-corrected chi connectivity index (χ0v) is 19.4. The normalized spacial score (nSPS) is 15.0. The number of carbonyl (C=O) groups is 1. The average molecular weight is 509 g/mol. The van der Waals surface area contributed by atoms with Gasteiger partial charge in [-0.2, -0.15) is 4.68 Å². The topological polar surface area (TPSA) is 139 Å². The van der Waals surface area contributed by atoms with Gasteiger partial charge in [-0.3, -0.25) is 4.72 Å². The molecule has 0 saturated carbocycles. The summed E-state index contributed by atoms with van der Waals surface area (Å²) in [6.45, 7) is 0. The van der Waals surface area contributed by atoms with Crippen molar-refractivity contribution in [3.05, 3.63) is 101 Å². The number of tetrazole rings is 1. The van der Waals surface area contributed by atoms with Gasteiger partial charge in [-0.25, -0.2) is 13.2 Å². The second-order valence-electron chi connectivity index (χ2n) is 7.66. The number of allylic oxidation sites excluding steroid dienone is 1. The van der Waals surface area contributed by atoms with Crippen LogP contribution in [0.2, 0.25) is 5.02 Å². The van der Waals surface area contributed by atoms with Crippen LogP contribution >= 0.6 is 11.6 Å². The van der Waals surface area contributed by atoms with E-state index >= 15 is 0 Å². The highest BCUT2D eigenvalue weighted by molar-refractivity contribution is 7.92. The highest BCUT2D eigenvalue weighted by Crippen LogP contribution is 2.32. The smallest absolute Gasteiger partial charge is 0.335 e. The van der Waals surface area contributed by atoms with Gasteiger partial charge >= 0.3 is 5.97 Å². The molecule has 1 unspecified atom stereocenters. The van der Waals surface area contributed by atoms with Crippen LogP contribution in [0.1, 0.15) is 27.5 Å². The van der Waals surface area contributed by atoms with Crippen molar-refractivity contribution < 1.29 is 18.3 Å². The molecule has 0 fully saturated rings. The number of hydrogen-bond acceptors (Lipinski definition) is 7. The zero-order chi connectivity index (χ0) is 24.6. The summed E-state index contributed by atoms with van der Waals surface area (Å²) in [5.41, 5.74) is 2.71. The van der Waals surface area contributed by atoms with Crippen LogP contribution in [-0.4, -0.2) is 39.7 Å². The van der Waals surface area contributed by atoms with Gasteiger partial charge in [-0.1, -0.05) is 41.0 Å². The molecule has 1 atom stereocenters. The molecule has 0 spiro atoms. The molecule has 0 aliphatic carbocycles. The van der Waals surface area contributed by atoms with Crippen LogP contribution in [0.15, 0.2) is 83.8 Å². The van der Waals surface area contributed by atoms with Gasteiger partial charge in [0.15, 0.2) is 0 Å². The number of anilines is 2. The van der Waals surface area contributed by atoms with E-state index in [1.54, 1.807) is 28.9 Å². The number of nitrogens with zero attached hydrogens (tertiary/aromatic N) is 4. The van der Waals surface area contributed by atoms with Crippen LogP contribution in [0.4, 0.5) is 11.6 Å². The van der Waals surface area contributed by atoms with Crippen LogP contribution in [0.25, 0.3) is 5.70 Å². The quantitative estimate of drug-likeness (QED) is 0.356. The van der Waals surface area contributed by atoms with E-state index in [-0.39, 0.29) is 22.2 Å². The minimum atomic E-state index is -3.88. The standard InChI is InChI=1S/C23H17ClN6O4S/c24-17-7-1-15(2-8-17)21-13-20(25-23-26-28-29-30(21)23)14-5-11-19(12-6-14)35(33,34)27-18-9-3-16(4-10-18)22(31)32/h1-13,21,27H,(H,31,32)(H,25,26,29). The van der Waals surface area contributed by atoms with Crippen molar-refractivity contribution in [2.45, 2.75) is 10.9 Å². The van der Waals surface area contributed by atoms with Crippen molar-refractivity contribution >= 4 is 44.9 Å². The third-order valence-electron chi connectivity index (χ3n) is 5.40. The Morgan fingerprint density at radius 2 is 1.69 bits per heavy atom. The van der Waals surface area contributed by atoms with Crippen LogP contribution < -0.4 is 10.0 Å². The molecule has 1 aromatic heterocycles. The Balaban J connectivity index is 1.40. The number of benzene rings is 3. The molecule has 3 aromatic carbocycles. The maximum Gasteiger partial charge on any atom is 0.335 e. The molecule has 5 rings (SSSR count). The van der Waals surface area contributed by atoms with Crippen molar-refractivity contribution in [2.24, 2.45) is 0 Å². The molecule has 4 aromatic rings. The van der Waals surface area contributed by atoms with Gasteiger partial charge in [0.25, 0.3) is 10.0 Å². The molecule has 10 nitrogen and oxygen atoms in total. The molecule has 1 aliphatic rings. The number of aromatic carboxylic acids is 1. The Morgan fingerprint density at radius 3 is 2.34 bits per heavy atom. The summed E-state index contributed by atoms with van der Waals surface area (Å²) in [6, 6.07) is 18.9. The molecule has 35 heavy (non-hydrogen) atoms. The molecule has 0 radical (unpaired) electrons. The van der Waals surface area contributed by atoms with Crippen molar-refractivity contribution in [1.82, 2.24) is 20.2 Å². The lowest BCUT2D eigenvalue weighted by Gasteiger charge is -2.23. The summed E-state index contributed by atoms with van der Waals surface area (Å²) in [4.78, 5) is 11.0. The van der Waals surface area contributed by atoms with E-state index in [1.165, 1.54) is 36.4 Å². The van der Waals surface area contributed by atoms with Gasteiger partial charge in [0.05, 0.1) is 10.5 Å². The number of rotatable bonds is 6. The van der Waals surface area contributed by atoms with E-state index in [1.807, 2.05) is 18.2 Å². The first kappa shape index (κ1) is 22.6. The van der Waals surface area contributed by atoms with Crippen LogP contribution in [0.5, 0.6) is 0 Å². The SMILES string of the molecule is O=C(O)c1ccc(NS(=O)(=O)c2ccc(C3=CC(c4ccc(Cl)cc4)n4nnnc4N3)cc2)cc1. The van der Waals surface area contributed by atoms with Gasteiger partial charge in [0, 0.05) is 16.4 Å². The molecule has 0 amide bonds. The lowest BCUT2D eigenvalue weighted by molar-refractivity contribution is 0.0697. The number of carboxylic acid groups (broad SMARTS) is 1. The molecule has 3 N–H and O–H groups in total. The highest BCUT2D eigenvalue weighted by atomic mass is 35.5. The lowest BCUT2D eigenvalue weighted by atomic mass is 10.0. The maximum atomic E-state index is 12.8. The van der Waals surface area contributed by atoms with E-state index in [9.17, 15) is 13.2 Å². The maximum absolute atomic E-state index is 12.8. The third kappa shape index (κ3) is 4.59. The Kier molecular flexibility index (Phi) is 5.71. The largest absolute Gasteiger partial charge is 0.478 e.